The number of rotatable bonds is 3. The molecule has 3 amide bonds. The van der Waals surface area contributed by atoms with E-state index < -0.39 is 35.4 Å². The van der Waals surface area contributed by atoms with Gasteiger partial charge < -0.3 is 15.4 Å². The van der Waals surface area contributed by atoms with E-state index in [9.17, 15) is 23.2 Å². The standard InChI is InChI=1S/C14H14F2N3O3.W/c1-17-11-6-8(15)4-7(5-9(11)16)13(21)18-10-2-3-12(20)19-14(10)22;/h5,10,17H,2-3,6H2,1H3,(H,18,21)(H,19,20,22);/q-1;. The Bertz CT molecular complexity index is 629. The Kier molecular flexibility index (Phi) is 6.81. The van der Waals surface area contributed by atoms with Crippen molar-refractivity contribution in [3.63, 3.8) is 0 Å². The van der Waals surface area contributed by atoms with Crippen molar-refractivity contribution in [1.82, 2.24) is 16.0 Å². The van der Waals surface area contributed by atoms with Crippen molar-refractivity contribution in [3.05, 3.63) is 35.1 Å². The summed E-state index contributed by atoms with van der Waals surface area (Å²) in [5, 5.41) is 6.92. The van der Waals surface area contributed by atoms with Crippen molar-refractivity contribution < 1.29 is 44.2 Å². The molecule has 1 aliphatic heterocycles. The van der Waals surface area contributed by atoms with Crippen molar-refractivity contribution in [3.8, 4) is 0 Å². The molecule has 0 aromatic rings. The summed E-state index contributed by atoms with van der Waals surface area (Å²) >= 11 is 0. The van der Waals surface area contributed by atoms with Crippen LogP contribution in [-0.4, -0.2) is 30.8 Å². The molecule has 1 aliphatic carbocycles. The molecule has 1 heterocycles. The summed E-state index contributed by atoms with van der Waals surface area (Å²) < 4.78 is 27.4. The van der Waals surface area contributed by atoms with Crippen molar-refractivity contribution in [1.29, 1.82) is 0 Å². The van der Waals surface area contributed by atoms with Gasteiger partial charge in [0.15, 0.2) is 0 Å². The second-order valence-electron chi connectivity index (χ2n) is 4.82. The van der Waals surface area contributed by atoms with E-state index >= 15 is 0 Å². The molecular formula is C14H14F2N3O3W-. The topological polar surface area (TPSA) is 87.3 Å². The number of allylic oxidation sites excluding steroid dienone is 3. The molecule has 2 aliphatic rings. The van der Waals surface area contributed by atoms with Crippen LogP contribution in [-0.2, 0) is 35.4 Å². The summed E-state index contributed by atoms with van der Waals surface area (Å²) in [7, 11) is 1.43. The minimum atomic E-state index is -0.921. The van der Waals surface area contributed by atoms with Gasteiger partial charge in [0.05, 0.1) is 11.9 Å². The second-order valence-corrected chi connectivity index (χ2v) is 4.82. The van der Waals surface area contributed by atoms with Crippen molar-refractivity contribution >= 4 is 17.7 Å². The van der Waals surface area contributed by atoms with Gasteiger partial charge in [-0.2, -0.15) is 0 Å². The molecule has 0 saturated carbocycles. The van der Waals surface area contributed by atoms with Gasteiger partial charge in [0, 0.05) is 52.5 Å². The summed E-state index contributed by atoms with van der Waals surface area (Å²) in [5.41, 5.74) is -0.362. The Balaban J connectivity index is 0.00000264. The number of nitrogens with one attached hydrogen (secondary N) is 3. The molecule has 1 unspecified atom stereocenters. The van der Waals surface area contributed by atoms with Crippen LogP contribution >= 0.6 is 0 Å². The van der Waals surface area contributed by atoms with Crippen LogP contribution in [0, 0.1) is 6.08 Å². The van der Waals surface area contributed by atoms with Crippen LogP contribution in [0.15, 0.2) is 29.0 Å². The Morgan fingerprint density at radius 2 is 2.09 bits per heavy atom. The quantitative estimate of drug-likeness (QED) is 0.389. The first-order valence-electron chi connectivity index (χ1n) is 6.61. The molecule has 23 heavy (non-hydrogen) atoms. The Morgan fingerprint density at radius 1 is 1.39 bits per heavy atom. The Labute approximate surface area is 145 Å². The SMILES string of the molecule is CNC1=C(F)C=C(C(=O)NC2CCC(=O)NC2=O)[C-]=C(F)C1.[W]. The molecule has 0 radical (unpaired) electrons. The molecule has 0 spiro atoms. The predicted molar refractivity (Wildman–Crippen MR) is 72.1 cm³/mol. The maximum absolute atomic E-state index is 13.8. The molecular weight excluding hydrogens is 480 g/mol. The maximum Gasteiger partial charge on any atom is 0.248 e. The third kappa shape index (κ3) is 4.82. The number of hydrogen-bond donors (Lipinski definition) is 3. The number of carbonyl (C=O) groups is 3. The molecule has 3 N–H and O–H groups in total. The zero-order valence-corrected chi connectivity index (χ0v) is 15.1. The smallest absolute Gasteiger partial charge is 0.248 e. The number of imide groups is 1. The first-order valence-corrected chi connectivity index (χ1v) is 6.61. The van der Waals surface area contributed by atoms with Crippen LogP contribution in [0.2, 0.25) is 0 Å². The molecule has 9 heteroatoms. The zero-order valence-electron chi connectivity index (χ0n) is 12.2. The fourth-order valence-electron chi connectivity index (χ4n) is 2.08. The number of piperidine rings is 1. The molecule has 1 saturated heterocycles. The van der Waals surface area contributed by atoms with Crippen LogP contribution in [0.1, 0.15) is 19.3 Å². The summed E-state index contributed by atoms with van der Waals surface area (Å²) in [5.74, 6) is -3.49. The summed E-state index contributed by atoms with van der Waals surface area (Å²) in [6, 6.07) is -0.921. The van der Waals surface area contributed by atoms with Gasteiger partial charge in [0.2, 0.25) is 11.8 Å². The van der Waals surface area contributed by atoms with Crippen molar-refractivity contribution in [2.45, 2.75) is 25.3 Å². The maximum atomic E-state index is 13.8. The van der Waals surface area contributed by atoms with E-state index in [2.05, 4.69) is 22.0 Å². The molecule has 0 aromatic heterocycles. The van der Waals surface area contributed by atoms with Crippen LogP contribution in [0.4, 0.5) is 8.78 Å². The third-order valence-electron chi connectivity index (χ3n) is 3.25. The van der Waals surface area contributed by atoms with E-state index in [0.29, 0.717) is 0 Å². The van der Waals surface area contributed by atoms with Crippen molar-refractivity contribution in [2.24, 2.45) is 0 Å². The van der Waals surface area contributed by atoms with Gasteiger partial charge in [-0.3, -0.25) is 14.9 Å². The van der Waals surface area contributed by atoms with Gasteiger partial charge in [-0.05, 0) is 6.42 Å². The molecule has 0 aromatic carbocycles. The van der Waals surface area contributed by atoms with Gasteiger partial charge in [0.1, 0.15) is 5.91 Å². The fourth-order valence-corrected chi connectivity index (χ4v) is 2.08. The number of halogens is 2. The first kappa shape index (κ1) is 19.2. The number of amides is 3. The molecule has 1 atom stereocenters. The van der Waals surface area contributed by atoms with Gasteiger partial charge in [-0.15, -0.1) is 17.7 Å². The van der Waals surface area contributed by atoms with E-state index in [-0.39, 0.29) is 51.6 Å². The normalized spacial score (nSPS) is 21.4. The van der Waals surface area contributed by atoms with Crippen molar-refractivity contribution in [2.75, 3.05) is 7.05 Å². The number of hydrogen-bond acceptors (Lipinski definition) is 4. The summed E-state index contributed by atoms with van der Waals surface area (Å²) in [4.78, 5) is 34.6. The second kappa shape index (κ2) is 8.15. The molecule has 6 nitrogen and oxygen atoms in total. The monoisotopic (exact) mass is 494 g/mol. The molecule has 124 valence electrons. The Hall–Kier alpha value is -1.82. The minimum absolute atomic E-state index is 0. The van der Waals surface area contributed by atoms with Gasteiger partial charge in [-0.25, -0.2) is 8.78 Å². The van der Waals surface area contributed by atoms with Gasteiger partial charge in [0.25, 0.3) is 0 Å². The minimum Gasteiger partial charge on any atom is -0.394 e. The van der Waals surface area contributed by atoms with Crippen LogP contribution in [0.5, 0.6) is 0 Å². The summed E-state index contributed by atoms with van der Waals surface area (Å²) in [6.07, 6.45) is 2.89. The van der Waals surface area contributed by atoms with E-state index in [0.717, 1.165) is 6.08 Å². The van der Waals surface area contributed by atoms with E-state index in [1.165, 1.54) is 7.05 Å². The average Bonchev–Trinajstić information content (AvgIpc) is 2.60. The van der Waals surface area contributed by atoms with Gasteiger partial charge >= 0.3 is 0 Å². The third-order valence-corrected chi connectivity index (χ3v) is 3.25. The predicted octanol–water partition coefficient (Wildman–Crippen LogP) is 0.292. The Morgan fingerprint density at radius 3 is 2.70 bits per heavy atom. The molecule has 1 fully saturated rings. The van der Waals surface area contributed by atoms with E-state index in [4.69, 9.17) is 0 Å². The van der Waals surface area contributed by atoms with E-state index in [1.54, 1.807) is 0 Å². The summed E-state index contributed by atoms with van der Waals surface area (Å²) in [6.45, 7) is 0. The first-order chi connectivity index (χ1) is 10.4. The van der Waals surface area contributed by atoms with Crippen LogP contribution in [0.3, 0.4) is 0 Å². The average molecular weight is 494 g/mol. The zero-order chi connectivity index (χ0) is 16.3. The molecule has 0 bridgehead atoms. The van der Waals surface area contributed by atoms with Crippen LogP contribution in [0.25, 0.3) is 0 Å². The fraction of sp³-hybridized carbons (Fsp3) is 0.357. The van der Waals surface area contributed by atoms with E-state index in [1.807, 2.05) is 0 Å². The van der Waals surface area contributed by atoms with Gasteiger partial charge in [-0.1, -0.05) is 0 Å². The van der Waals surface area contributed by atoms with Crippen LogP contribution < -0.4 is 16.0 Å². The largest absolute Gasteiger partial charge is 0.394 e. The number of carbonyl (C=O) groups excluding carboxylic acids is 3. The molecule has 2 rings (SSSR count).